The molecule has 0 aliphatic carbocycles. The van der Waals surface area contributed by atoms with Crippen LogP contribution in [0.5, 0.6) is 0 Å². The summed E-state index contributed by atoms with van der Waals surface area (Å²) >= 11 is 2.15. The van der Waals surface area contributed by atoms with Crippen LogP contribution in [0.4, 0.5) is 5.69 Å². The number of anilines is 1. The number of thioether (sulfide) groups is 1. The molecule has 2 unspecified atom stereocenters. The lowest BCUT2D eigenvalue weighted by molar-refractivity contribution is 0.374. The summed E-state index contributed by atoms with van der Waals surface area (Å²) in [5.41, 5.74) is 4.79. The zero-order valence-corrected chi connectivity index (χ0v) is 18.4. The minimum atomic E-state index is 0.184. The molecule has 3 aromatic rings. The van der Waals surface area contributed by atoms with E-state index in [4.69, 9.17) is 4.42 Å². The molecule has 144 valence electrons. The van der Waals surface area contributed by atoms with E-state index in [1.54, 1.807) is 0 Å². The fourth-order valence-electron chi connectivity index (χ4n) is 4.55. The van der Waals surface area contributed by atoms with Crippen LogP contribution in [-0.2, 0) is 0 Å². The van der Waals surface area contributed by atoms with Crippen LogP contribution < -0.4 is 4.90 Å². The van der Waals surface area contributed by atoms with Gasteiger partial charge in [0.2, 0.25) is 0 Å². The van der Waals surface area contributed by atoms with Gasteiger partial charge in [-0.15, -0.1) is 11.8 Å². The first-order chi connectivity index (χ1) is 12.7. The van der Waals surface area contributed by atoms with Crippen LogP contribution in [-0.4, -0.2) is 16.7 Å². The lowest BCUT2D eigenvalue weighted by atomic mass is 9.92. The minimum Gasteiger partial charge on any atom is -0.454 e. The van der Waals surface area contributed by atoms with Crippen molar-refractivity contribution in [2.24, 2.45) is 11.3 Å². The Kier molecular flexibility index (Phi) is 4.50. The third-order valence-corrected chi connectivity index (χ3v) is 8.28. The maximum absolute atomic E-state index is 6.43. The van der Waals surface area contributed by atoms with E-state index < -0.39 is 0 Å². The summed E-state index contributed by atoms with van der Waals surface area (Å²) in [6.07, 6.45) is 0. The second-order valence-corrected chi connectivity index (χ2v) is 10.7. The number of benzene rings is 2. The van der Waals surface area contributed by atoms with Crippen molar-refractivity contribution in [2.45, 2.75) is 65.1 Å². The highest BCUT2D eigenvalue weighted by molar-refractivity contribution is 8.01. The Morgan fingerprint density at radius 3 is 2.41 bits per heavy atom. The number of hydrogen-bond acceptors (Lipinski definition) is 3. The smallest absolute Gasteiger partial charge is 0.159 e. The van der Waals surface area contributed by atoms with Crippen molar-refractivity contribution in [3.63, 3.8) is 0 Å². The summed E-state index contributed by atoms with van der Waals surface area (Å²) in [6, 6.07) is 13.3. The monoisotopic (exact) mass is 381 g/mol. The average Bonchev–Trinajstić information content (AvgIpc) is 3.13. The molecule has 3 atom stereocenters. The van der Waals surface area contributed by atoms with E-state index in [-0.39, 0.29) is 5.41 Å². The maximum atomic E-state index is 6.43. The molecule has 0 amide bonds. The number of fused-ring (bicyclic) bond motifs is 3. The molecule has 1 aromatic heterocycles. The van der Waals surface area contributed by atoms with E-state index in [0.29, 0.717) is 22.6 Å². The van der Waals surface area contributed by atoms with Crippen molar-refractivity contribution in [2.75, 3.05) is 4.90 Å². The molecular weight excluding hydrogens is 350 g/mol. The predicted molar refractivity (Wildman–Crippen MR) is 120 cm³/mol. The third kappa shape index (κ3) is 2.95. The summed E-state index contributed by atoms with van der Waals surface area (Å²) in [5.74, 6) is 0.648. The number of aryl methyl sites for hydroxylation is 1. The van der Waals surface area contributed by atoms with Crippen LogP contribution in [0.2, 0.25) is 0 Å². The molecule has 0 N–H and O–H groups in total. The van der Waals surface area contributed by atoms with Gasteiger partial charge in [-0.3, -0.25) is 0 Å². The maximum Gasteiger partial charge on any atom is 0.159 e. The molecule has 2 heterocycles. The largest absolute Gasteiger partial charge is 0.454 e. The Morgan fingerprint density at radius 1 is 1.04 bits per heavy atom. The Bertz CT molecular complexity index is 981. The van der Waals surface area contributed by atoms with Crippen molar-refractivity contribution in [1.82, 2.24) is 0 Å². The summed E-state index contributed by atoms with van der Waals surface area (Å²) in [4.78, 5) is 2.66. The standard InChI is InChI=1S/C24H31NOS/c1-14(2)22-16(4)25(23(27-22)24(5,6)7)20-15(3)12-13-18-17-10-8-9-11-19(17)26-21(18)20/h8-14,16,22-23H,1-7H3/t16-,22?,23?/m0/s1. The van der Waals surface area contributed by atoms with Crippen molar-refractivity contribution in [1.29, 1.82) is 0 Å². The van der Waals surface area contributed by atoms with Crippen LogP contribution in [0.15, 0.2) is 40.8 Å². The molecule has 2 nitrogen and oxygen atoms in total. The van der Waals surface area contributed by atoms with Gasteiger partial charge in [-0.2, -0.15) is 0 Å². The lowest BCUT2D eigenvalue weighted by Crippen LogP contribution is -2.43. The molecule has 1 saturated heterocycles. The Hall–Kier alpha value is -1.61. The molecule has 0 bridgehead atoms. The highest BCUT2D eigenvalue weighted by atomic mass is 32.2. The quantitative estimate of drug-likeness (QED) is 0.466. The highest BCUT2D eigenvalue weighted by Crippen LogP contribution is 2.51. The SMILES string of the molecule is Cc1ccc2c(oc3ccccc32)c1N1C(C(C)(C)C)SC(C(C)C)[C@@H]1C. The van der Waals surface area contributed by atoms with Crippen LogP contribution >= 0.6 is 11.8 Å². The first kappa shape index (κ1) is 18.7. The Morgan fingerprint density at radius 2 is 1.74 bits per heavy atom. The summed E-state index contributed by atoms with van der Waals surface area (Å²) in [7, 11) is 0. The molecule has 3 heteroatoms. The van der Waals surface area contributed by atoms with Crippen LogP contribution in [0.25, 0.3) is 21.9 Å². The summed E-state index contributed by atoms with van der Waals surface area (Å²) in [6.45, 7) is 16.4. The van der Waals surface area contributed by atoms with Crippen molar-refractivity contribution < 1.29 is 4.42 Å². The number of hydrogen-bond donors (Lipinski definition) is 0. The van der Waals surface area contributed by atoms with Crippen molar-refractivity contribution in [3.8, 4) is 0 Å². The van der Waals surface area contributed by atoms with Gasteiger partial charge < -0.3 is 9.32 Å². The van der Waals surface area contributed by atoms with E-state index in [1.807, 2.05) is 0 Å². The van der Waals surface area contributed by atoms with Gasteiger partial charge in [-0.1, -0.05) is 65.0 Å². The summed E-state index contributed by atoms with van der Waals surface area (Å²) < 4.78 is 6.43. The second-order valence-electron chi connectivity index (χ2n) is 9.42. The molecule has 4 rings (SSSR count). The van der Waals surface area contributed by atoms with E-state index in [1.165, 1.54) is 22.0 Å². The molecule has 1 aliphatic rings. The average molecular weight is 382 g/mol. The third-order valence-electron chi connectivity index (χ3n) is 5.83. The number of para-hydroxylation sites is 1. The van der Waals surface area contributed by atoms with Crippen LogP contribution in [0.1, 0.15) is 47.1 Å². The molecular formula is C24H31NOS. The molecule has 2 aromatic carbocycles. The van der Waals surface area contributed by atoms with E-state index >= 15 is 0 Å². The van der Waals surface area contributed by atoms with Gasteiger partial charge in [0.05, 0.1) is 11.1 Å². The van der Waals surface area contributed by atoms with Gasteiger partial charge in [0.25, 0.3) is 0 Å². The number of furan rings is 1. The fraction of sp³-hybridized carbons (Fsp3) is 0.500. The van der Waals surface area contributed by atoms with E-state index in [9.17, 15) is 0 Å². The topological polar surface area (TPSA) is 16.4 Å². The Labute approximate surface area is 167 Å². The highest BCUT2D eigenvalue weighted by Gasteiger charge is 2.46. The van der Waals surface area contributed by atoms with Gasteiger partial charge in [0.15, 0.2) is 5.58 Å². The van der Waals surface area contributed by atoms with Gasteiger partial charge in [0, 0.05) is 22.1 Å². The van der Waals surface area contributed by atoms with Gasteiger partial charge in [0.1, 0.15) is 5.58 Å². The molecule has 1 aliphatic heterocycles. The fourth-order valence-corrected chi connectivity index (χ4v) is 6.36. The van der Waals surface area contributed by atoms with E-state index in [2.05, 4.69) is 102 Å². The molecule has 27 heavy (non-hydrogen) atoms. The zero-order chi connectivity index (χ0) is 19.5. The normalized spacial score (nSPS) is 23.9. The summed E-state index contributed by atoms with van der Waals surface area (Å²) in [5, 5.41) is 3.48. The van der Waals surface area contributed by atoms with E-state index in [0.717, 1.165) is 11.2 Å². The Balaban J connectivity index is 1.97. The first-order valence-electron chi connectivity index (χ1n) is 10.0. The van der Waals surface area contributed by atoms with Crippen molar-refractivity contribution >= 4 is 39.4 Å². The number of nitrogens with zero attached hydrogens (tertiary/aromatic N) is 1. The zero-order valence-electron chi connectivity index (χ0n) is 17.5. The second kappa shape index (κ2) is 6.48. The molecule has 0 spiro atoms. The van der Waals surface area contributed by atoms with Gasteiger partial charge >= 0.3 is 0 Å². The van der Waals surface area contributed by atoms with Gasteiger partial charge in [-0.25, -0.2) is 0 Å². The first-order valence-corrected chi connectivity index (χ1v) is 11.0. The molecule has 0 saturated carbocycles. The predicted octanol–water partition coefficient (Wildman–Crippen LogP) is 7.23. The van der Waals surface area contributed by atoms with Crippen molar-refractivity contribution in [3.05, 3.63) is 42.0 Å². The van der Waals surface area contributed by atoms with Crippen LogP contribution in [0, 0.1) is 18.3 Å². The lowest BCUT2D eigenvalue weighted by Gasteiger charge is -2.38. The van der Waals surface area contributed by atoms with Crippen LogP contribution in [0.3, 0.4) is 0 Å². The molecule has 1 fully saturated rings. The number of rotatable bonds is 2. The molecule has 0 radical (unpaired) electrons. The minimum absolute atomic E-state index is 0.184. The van der Waals surface area contributed by atoms with Gasteiger partial charge in [-0.05, 0) is 36.8 Å².